The number of piperazine rings is 1. The summed E-state index contributed by atoms with van der Waals surface area (Å²) >= 11 is 0. The molecule has 0 amide bonds. The van der Waals surface area contributed by atoms with E-state index in [9.17, 15) is 0 Å². The number of hydrogen-bond donors (Lipinski definition) is 2. The Kier molecular flexibility index (Phi) is 3.24. The van der Waals surface area contributed by atoms with Crippen molar-refractivity contribution in [1.82, 2.24) is 20.3 Å². The van der Waals surface area contributed by atoms with Gasteiger partial charge in [-0.1, -0.05) is 0 Å². The maximum Gasteiger partial charge on any atom is 0.128 e. The summed E-state index contributed by atoms with van der Waals surface area (Å²) in [7, 11) is 0. The monoisotopic (exact) mass is 256 g/mol. The van der Waals surface area contributed by atoms with Crippen LogP contribution in [0.4, 0.5) is 11.6 Å². The van der Waals surface area contributed by atoms with Gasteiger partial charge in [0.05, 0.1) is 5.69 Å². The van der Waals surface area contributed by atoms with Crippen molar-refractivity contribution in [2.75, 3.05) is 36.8 Å². The zero-order valence-electron chi connectivity index (χ0n) is 10.6. The average molecular weight is 256 g/mol. The molecule has 2 aromatic heterocycles. The van der Waals surface area contributed by atoms with E-state index in [1.807, 2.05) is 18.3 Å². The van der Waals surface area contributed by atoms with Crippen molar-refractivity contribution in [3.05, 3.63) is 30.7 Å². The molecule has 6 nitrogen and oxygen atoms in total. The number of rotatable bonds is 2. The molecule has 19 heavy (non-hydrogen) atoms. The lowest BCUT2D eigenvalue weighted by atomic mass is 10.2. The van der Waals surface area contributed by atoms with Crippen LogP contribution in [-0.4, -0.2) is 41.1 Å². The minimum Gasteiger partial charge on any atom is -0.384 e. The predicted octanol–water partition coefficient (Wildman–Crippen LogP) is 0.530. The Labute approximate surface area is 111 Å². The minimum atomic E-state index is 0.469. The van der Waals surface area contributed by atoms with Gasteiger partial charge in [0.1, 0.15) is 18.0 Å². The zero-order chi connectivity index (χ0) is 13.1. The normalized spacial score (nSPS) is 15.5. The maximum atomic E-state index is 5.66. The number of aromatic nitrogens is 3. The highest BCUT2D eigenvalue weighted by atomic mass is 15.2. The first kappa shape index (κ1) is 11.9. The molecule has 0 aromatic carbocycles. The molecule has 2 aromatic rings. The van der Waals surface area contributed by atoms with E-state index in [2.05, 4.69) is 25.2 Å². The summed E-state index contributed by atoms with van der Waals surface area (Å²) in [4.78, 5) is 14.9. The molecule has 0 saturated carbocycles. The lowest BCUT2D eigenvalue weighted by molar-refractivity contribution is 0.585. The second kappa shape index (κ2) is 5.19. The van der Waals surface area contributed by atoms with Gasteiger partial charge >= 0.3 is 0 Å². The molecule has 0 bridgehead atoms. The molecule has 0 atom stereocenters. The Balaban J connectivity index is 1.82. The van der Waals surface area contributed by atoms with Crippen LogP contribution in [0.5, 0.6) is 0 Å². The van der Waals surface area contributed by atoms with Crippen LogP contribution < -0.4 is 16.0 Å². The highest BCUT2D eigenvalue weighted by molar-refractivity contribution is 5.62. The number of pyridine rings is 1. The van der Waals surface area contributed by atoms with Crippen LogP contribution in [0.2, 0.25) is 0 Å². The molecule has 98 valence electrons. The Hall–Kier alpha value is -2.21. The molecule has 0 unspecified atom stereocenters. The number of nitrogen functional groups attached to an aromatic ring is 1. The Morgan fingerprint density at radius 1 is 1.11 bits per heavy atom. The summed E-state index contributed by atoms with van der Waals surface area (Å²) in [6.45, 7) is 4.00. The molecule has 3 heterocycles. The molecule has 1 fully saturated rings. The van der Waals surface area contributed by atoms with Gasteiger partial charge in [-0.15, -0.1) is 0 Å². The van der Waals surface area contributed by atoms with Crippen LogP contribution in [0.25, 0.3) is 11.3 Å². The van der Waals surface area contributed by atoms with Gasteiger partial charge in [0, 0.05) is 44.0 Å². The van der Waals surface area contributed by atoms with E-state index in [1.54, 1.807) is 6.07 Å². The zero-order valence-corrected chi connectivity index (χ0v) is 10.6. The van der Waals surface area contributed by atoms with Gasteiger partial charge in [0.2, 0.25) is 0 Å². The van der Waals surface area contributed by atoms with Crippen LogP contribution in [0.3, 0.4) is 0 Å². The Bertz CT molecular complexity index is 547. The summed E-state index contributed by atoms with van der Waals surface area (Å²) in [5.41, 5.74) is 7.41. The van der Waals surface area contributed by atoms with Crippen LogP contribution in [-0.2, 0) is 0 Å². The van der Waals surface area contributed by atoms with E-state index in [0.717, 1.165) is 43.3 Å². The molecule has 0 spiro atoms. The molecule has 6 heteroatoms. The fourth-order valence-corrected chi connectivity index (χ4v) is 2.15. The molecule has 0 radical (unpaired) electrons. The quantitative estimate of drug-likeness (QED) is 0.816. The summed E-state index contributed by atoms with van der Waals surface area (Å²) in [6, 6.07) is 5.80. The Morgan fingerprint density at radius 2 is 1.95 bits per heavy atom. The Morgan fingerprint density at radius 3 is 2.63 bits per heavy atom. The number of nitrogens with zero attached hydrogens (tertiary/aromatic N) is 4. The third-order valence-corrected chi connectivity index (χ3v) is 3.17. The summed E-state index contributed by atoms with van der Waals surface area (Å²) in [6.07, 6.45) is 3.30. The predicted molar refractivity (Wildman–Crippen MR) is 74.8 cm³/mol. The van der Waals surface area contributed by atoms with Gasteiger partial charge in [-0.2, -0.15) is 0 Å². The first-order valence-electron chi connectivity index (χ1n) is 6.32. The van der Waals surface area contributed by atoms with Crippen molar-refractivity contribution >= 4 is 11.6 Å². The second-order valence-corrected chi connectivity index (χ2v) is 4.47. The minimum absolute atomic E-state index is 0.469. The van der Waals surface area contributed by atoms with Gasteiger partial charge in [-0.25, -0.2) is 15.0 Å². The van der Waals surface area contributed by atoms with Gasteiger partial charge in [0.15, 0.2) is 0 Å². The number of hydrogen-bond acceptors (Lipinski definition) is 6. The highest BCUT2D eigenvalue weighted by Gasteiger charge is 2.11. The van der Waals surface area contributed by atoms with Gasteiger partial charge in [0.25, 0.3) is 0 Å². The van der Waals surface area contributed by atoms with E-state index >= 15 is 0 Å². The van der Waals surface area contributed by atoms with Crippen molar-refractivity contribution in [2.24, 2.45) is 0 Å². The molecule has 1 saturated heterocycles. The average Bonchev–Trinajstić information content (AvgIpc) is 2.48. The first-order valence-corrected chi connectivity index (χ1v) is 6.32. The van der Waals surface area contributed by atoms with E-state index in [0.29, 0.717) is 5.82 Å². The smallest absolute Gasteiger partial charge is 0.128 e. The van der Waals surface area contributed by atoms with Crippen LogP contribution in [0, 0.1) is 0 Å². The topological polar surface area (TPSA) is 80.0 Å². The van der Waals surface area contributed by atoms with Crippen molar-refractivity contribution in [2.45, 2.75) is 0 Å². The number of anilines is 2. The lowest BCUT2D eigenvalue weighted by Crippen LogP contribution is -2.43. The van der Waals surface area contributed by atoms with Crippen molar-refractivity contribution in [1.29, 1.82) is 0 Å². The van der Waals surface area contributed by atoms with Gasteiger partial charge < -0.3 is 16.0 Å². The number of nitrogens with two attached hydrogens (primary N) is 1. The van der Waals surface area contributed by atoms with E-state index in [1.165, 1.54) is 6.33 Å². The molecule has 0 aliphatic carbocycles. The standard InChI is InChI=1S/C13H16N6/c14-12-7-11(17-9-18-12)10-1-2-13(16-8-10)19-5-3-15-4-6-19/h1-2,7-9,15H,3-6H2,(H2,14,17,18). The fourth-order valence-electron chi connectivity index (χ4n) is 2.15. The van der Waals surface area contributed by atoms with Crippen molar-refractivity contribution < 1.29 is 0 Å². The lowest BCUT2D eigenvalue weighted by Gasteiger charge is -2.28. The molecule has 3 N–H and O–H groups in total. The summed E-state index contributed by atoms with van der Waals surface area (Å²) in [5, 5.41) is 3.33. The van der Waals surface area contributed by atoms with E-state index < -0.39 is 0 Å². The highest BCUT2D eigenvalue weighted by Crippen LogP contribution is 2.19. The SMILES string of the molecule is Nc1cc(-c2ccc(N3CCNCC3)nc2)ncn1. The van der Waals surface area contributed by atoms with Gasteiger partial charge in [-0.3, -0.25) is 0 Å². The second-order valence-electron chi connectivity index (χ2n) is 4.47. The van der Waals surface area contributed by atoms with Gasteiger partial charge in [-0.05, 0) is 12.1 Å². The first-order chi connectivity index (χ1) is 9.33. The van der Waals surface area contributed by atoms with Crippen molar-refractivity contribution in [3.63, 3.8) is 0 Å². The molecule has 1 aliphatic heterocycles. The van der Waals surface area contributed by atoms with Crippen LogP contribution >= 0.6 is 0 Å². The third kappa shape index (κ3) is 2.63. The largest absolute Gasteiger partial charge is 0.384 e. The van der Waals surface area contributed by atoms with Crippen LogP contribution in [0.15, 0.2) is 30.7 Å². The number of nitrogens with one attached hydrogen (secondary N) is 1. The molecule has 3 rings (SSSR count). The van der Waals surface area contributed by atoms with E-state index in [4.69, 9.17) is 5.73 Å². The van der Waals surface area contributed by atoms with Crippen LogP contribution in [0.1, 0.15) is 0 Å². The molecular weight excluding hydrogens is 240 g/mol. The van der Waals surface area contributed by atoms with E-state index in [-0.39, 0.29) is 0 Å². The van der Waals surface area contributed by atoms with Crippen molar-refractivity contribution in [3.8, 4) is 11.3 Å². The summed E-state index contributed by atoms with van der Waals surface area (Å²) < 4.78 is 0. The maximum absolute atomic E-state index is 5.66. The third-order valence-electron chi connectivity index (χ3n) is 3.17. The summed E-state index contributed by atoms with van der Waals surface area (Å²) in [5.74, 6) is 1.48. The fraction of sp³-hybridized carbons (Fsp3) is 0.308. The molecular formula is C13H16N6. The molecule has 1 aliphatic rings.